The lowest BCUT2D eigenvalue weighted by molar-refractivity contribution is 0.0724. The average Bonchev–Trinajstić information content (AvgIpc) is 3.15. The zero-order valence-electron chi connectivity index (χ0n) is 14.1. The summed E-state index contributed by atoms with van der Waals surface area (Å²) in [6.45, 7) is 4.12. The second-order valence-electron chi connectivity index (χ2n) is 7.50. The van der Waals surface area contributed by atoms with Crippen LogP contribution in [0.3, 0.4) is 0 Å². The largest absolute Gasteiger partial charge is 0.339 e. The van der Waals surface area contributed by atoms with Crippen molar-refractivity contribution in [3.8, 4) is 0 Å². The zero-order valence-corrected chi connectivity index (χ0v) is 14.1. The van der Waals surface area contributed by atoms with Crippen molar-refractivity contribution in [2.75, 3.05) is 19.6 Å². The Labute approximate surface area is 139 Å². The number of hydrogen-bond donors (Lipinski definition) is 0. The summed E-state index contributed by atoms with van der Waals surface area (Å²) in [5.41, 5.74) is 3.75. The predicted molar refractivity (Wildman–Crippen MR) is 92.6 cm³/mol. The summed E-state index contributed by atoms with van der Waals surface area (Å²) < 4.78 is 0. The van der Waals surface area contributed by atoms with Gasteiger partial charge in [-0.05, 0) is 61.8 Å². The fourth-order valence-electron chi connectivity index (χ4n) is 4.57. The molecule has 3 aliphatic rings. The lowest BCUT2D eigenvalue weighted by Gasteiger charge is -2.34. The van der Waals surface area contributed by atoms with Gasteiger partial charge in [-0.25, -0.2) is 0 Å². The highest BCUT2D eigenvalue weighted by molar-refractivity contribution is 5.94. The summed E-state index contributed by atoms with van der Waals surface area (Å²) in [5.74, 6) is 0.241. The summed E-state index contributed by atoms with van der Waals surface area (Å²) in [5, 5.41) is 0. The Bertz CT molecular complexity index is 571. The van der Waals surface area contributed by atoms with Gasteiger partial charge in [0.1, 0.15) is 0 Å². The van der Waals surface area contributed by atoms with Crippen LogP contribution in [0.5, 0.6) is 0 Å². The minimum Gasteiger partial charge on any atom is -0.339 e. The number of likely N-dealkylation sites (tertiary alicyclic amines) is 1. The van der Waals surface area contributed by atoms with Crippen molar-refractivity contribution < 1.29 is 4.79 Å². The lowest BCUT2D eigenvalue weighted by Crippen LogP contribution is -2.38. The highest BCUT2D eigenvalue weighted by Crippen LogP contribution is 2.29. The maximum absolute atomic E-state index is 12.7. The van der Waals surface area contributed by atoms with Gasteiger partial charge in [0.15, 0.2) is 0 Å². The molecule has 3 heteroatoms. The van der Waals surface area contributed by atoms with Gasteiger partial charge in [0.25, 0.3) is 5.91 Å². The molecule has 0 atom stereocenters. The molecule has 0 spiro atoms. The molecule has 3 nitrogen and oxygen atoms in total. The molecule has 0 aromatic heterocycles. The number of piperidine rings is 1. The number of amides is 1. The Hall–Kier alpha value is -1.35. The van der Waals surface area contributed by atoms with Crippen molar-refractivity contribution in [1.29, 1.82) is 0 Å². The Balaban J connectivity index is 1.47. The third-order valence-electron chi connectivity index (χ3n) is 5.98. The van der Waals surface area contributed by atoms with Crippen LogP contribution in [0, 0.1) is 0 Å². The molecule has 0 unspecified atom stereocenters. The predicted octanol–water partition coefficient (Wildman–Crippen LogP) is 3.61. The van der Waals surface area contributed by atoms with E-state index >= 15 is 0 Å². The van der Waals surface area contributed by atoms with Gasteiger partial charge in [-0.1, -0.05) is 18.9 Å². The van der Waals surface area contributed by atoms with Crippen LogP contribution in [-0.2, 0) is 13.0 Å². The monoisotopic (exact) mass is 312 g/mol. The van der Waals surface area contributed by atoms with E-state index in [0.29, 0.717) is 0 Å². The van der Waals surface area contributed by atoms with E-state index in [2.05, 4.69) is 23.1 Å². The molecule has 1 saturated carbocycles. The normalized spacial score (nSPS) is 23.0. The standard InChI is InChI=1S/C20H28N2O/c23-20(21-11-4-1-5-12-21)17-8-9-18-15-22(13-10-16(18)14-17)19-6-2-3-7-19/h8-9,14,19H,1-7,10-13,15H2. The van der Waals surface area contributed by atoms with E-state index in [1.165, 1.54) is 49.8 Å². The van der Waals surface area contributed by atoms with Crippen LogP contribution in [0.25, 0.3) is 0 Å². The fraction of sp³-hybridized carbons (Fsp3) is 0.650. The van der Waals surface area contributed by atoms with Gasteiger partial charge in [0.2, 0.25) is 0 Å². The molecule has 2 heterocycles. The Kier molecular flexibility index (Phi) is 4.39. The first kappa shape index (κ1) is 15.2. The van der Waals surface area contributed by atoms with Gasteiger partial charge in [-0.3, -0.25) is 9.69 Å². The van der Waals surface area contributed by atoms with Crippen molar-refractivity contribution in [3.05, 3.63) is 34.9 Å². The van der Waals surface area contributed by atoms with E-state index in [0.717, 1.165) is 50.5 Å². The quantitative estimate of drug-likeness (QED) is 0.833. The van der Waals surface area contributed by atoms with Crippen molar-refractivity contribution in [1.82, 2.24) is 9.80 Å². The maximum atomic E-state index is 12.7. The number of rotatable bonds is 2. The van der Waals surface area contributed by atoms with E-state index < -0.39 is 0 Å². The van der Waals surface area contributed by atoms with Gasteiger partial charge < -0.3 is 4.90 Å². The second-order valence-corrected chi connectivity index (χ2v) is 7.50. The van der Waals surface area contributed by atoms with Gasteiger partial charge in [-0.15, -0.1) is 0 Å². The van der Waals surface area contributed by atoms with Crippen LogP contribution in [0.1, 0.15) is 66.4 Å². The highest BCUT2D eigenvalue weighted by Gasteiger charge is 2.27. The molecule has 2 aliphatic heterocycles. The highest BCUT2D eigenvalue weighted by atomic mass is 16.2. The summed E-state index contributed by atoms with van der Waals surface area (Å²) >= 11 is 0. The third-order valence-corrected chi connectivity index (χ3v) is 5.98. The van der Waals surface area contributed by atoms with Gasteiger partial charge in [-0.2, -0.15) is 0 Å². The molecule has 0 N–H and O–H groups in total. The first-order chi connectivity index (χ1) is 11.3. The molecule has 1 aliphatic carbocycles. The van der Waals surface area contributed by atoms with Crippen molar-refractivity contribution in [2.24, 2.45) is 0 Å². The smallest absolute Gasteiger partial charge is 0.253 e. The molecule has 124 valence electrons. The molecule has 23 heavy (non-hydrogen) atoms. The Morgan fingerprint density at radius 1 is 0.913 bits per heavy atom. The van der Waals surface area contributed by atoms with Crippen LogP contribution in [0.2, 0.25) is 0 Å². The molecule has 1 aromatic rings. The summed E-state index contributed by atoms with van der Waals surface area (Å²) in [7, 11) is 0. The van der Waals surface area contributed by atoms with E-state index in [1.807, 2.05) is 4.90 Å². The maximum Gasteiger partial charge on any atom is 0.253 e. The number of fused-ring (bicyclic) bond motifs is 1. The van der Waals surface area contributed by atoms with Crippen molar-refractivity contribution in [2.45, 2.75) is 64.0 Å². The SMILES string of the molecule is O=C(c1ccc2c(c1)CCN(C1CCCC1)C2)N1CCCCC1. The average molecular weight is 312 g/mol. The zero-order chi connectivity index (χ0) is 15.6. The van der Waals surface area contributed by atoms with Crippen molar-refractivity contribution >= 4 is 5.91 Å². The van der Waals surface area contributed by atoms with E-state index in [-0.39, 0.29) is 5.91 Å². The summed E-state index contributed by atoms with van der Waals surface area (Å²) in [6, 6.07) is 7.26. The van der Waals surface area contributed by atoms with Crippen LogP contribution in [0.4, 0.5) is 0 Å². The third kappa shape index (κ3) is 3.16. The van der Waals surface area contributed by atoms with Crippen LogP contribution >= 0.6 is 0 Å². The van der Waals surface area contributed by atoms with Crippen LogP contribution in [-0.4, -0.2) is 41.4 Å². The molecular weight excluding hydrogens is 284 g/mol. The minimum atomic E-state index is 0.241. The first-order valence-electron chi connectivity index (χ1n) is 9.46. The first-order valence-corrected chi connectivity index (χ1v) is 9.46. The van der Waals surface area contributed by atoms with Gasteiger partial charge in [0, 0.05) is 37.8 Å². The molecule has 0 radical (unpaired) electrons. The van der Waals surface area contributed by atoms with E-state index in [4.69, 9.17) is 0 Å². The fourth-order valence-corrected chi connectivity index (χ4v) is 4.57. The topological polar surface area (TPSA) is 23.6 Å². The molecule has 1 aromatic carbocycles. The molecule has 0 bridgehead atoms. The second kappa shape index (κ2) is 6.64. The van der Waals surface area contributed by atoms with Crippen molar-refractivity contribution in [3.63, 3.8) is 0 Å². The lowest BCUT2D eigenvalue weighted by atomic mass is 9.95. The summed E-state index contributed by atoms with van der Waals surface area (Å²) in [4.78, 5) is 17.4. The van der Waals surface area contributed by atoms with Gasteiger partial charge >= 0.3 is 0 Å². The molecule has 2 fully saturated rings. The molecule has 4 rings (SSSR count). The Morgan fingerprint density at radius 2 is 1.70 bits per heavy atom. The number of carbonyl (C=O) groups excluding carboxylic acids is 1. The minimum absolute atomic E-state index is 0.241. The van der Waals surface area contributed by atoms with E-state index in [9.17, 15) is 4.79 Å². The van der Waals surface area contributed by atoms with E-state index in [1.54, 1.807) is 0 Å². The number of benzene rings is 1. The van der Waals surface area contributed by atoms with Gasteiger partial charge in [0.05, 0.1) is 0 Å². The van der Waals surface area contributed by atoms with Crippen LogP contribution in [0.15, 0.2) is 18.2 Å². The summed E-state index contributed by atoms with van der Waals surface area (Å²) in [6.07, 6.45) is 10.2. The molecular formula is C20H28N2O. The number of hydrogen-bond acceptors (Lipinski definition) is 2. The number of nitrogens with zero attached hydrogens (tertiary/aromatic N) is 2. The number of carbonyl (C=O) groups is 1. The van der Waals surface area contributed by atoms with Crippen LogP contribution < -0.4 is 0 Å². The Morgan fingerprint density at radius 3 is 2.48 bits per heavy atom. The molecule has 1 amide bonds. The molecule has 1 saturated heterocycles.